The molecule has 0 spiro atoms. The van der Waals surface area contributed by atoms with Crippen LogP contribution in [0.15, 0.2) is 0 Å². The zero-order chi connectivity index (χ0) is 19.9. The van der Waals surface area contributed by atoms with E-state index in [2.05, 4.69) is 20.0 Å². The summed E-state index contributed by atoms with van der Waals surface area (Å²) in [7, 11) is -2.04. The number of methoxy groups -OCH3 is 1. The summed E-state index contributed by atoms with van der Waals surface area (Å²) in [4.78, 5) is 36.6. The maximum atomic E-state index is 12.5. The van der Waals surface area contributed by atoms with E-state index in [4.69, 9.17) is 13.8 Å². The van der Waals surface area contributed by atoms with E-state index in [9.17, 15) is 14.5 Å². The van der Waals surface area contributed by atoms with Gasteiger partial charge < -0.3 is 14.8 Å². The number of nitrogens with zero attached hydrogens (tertiary/aromatic N) is 1. The molecule has 2 heterocycles. The van der Waals surface area contributed by atoms with Crippen molar-refractivity contribution in [3.63, 3.8) is 0 Å². The first-order valence-electron chi connectivity index (χ1n) is 9.10. The van der Waals surface area contributed by atoms with Gasteiger partial charge in [-0.2, -0.15) is 9.42 Å². The normalized spacial score (nSPS) is 28.5. The van der Waals surface area contributed by atoms with Crippen molar-refractivity contribution in [2.45, 2.75) is 26.4 Å². The fourth-order valence-corrected chi connectivity index (χ4v) is 4.57. The Balaban J connectivity index is 1.84. The maximum absolute atomic E-state index is 12.5. The number of amides is 1. The highest BCUT2D eigenvalue weighted by Gasteiger charge is 2.57. The van der Waals surface area contributed by atoms with Crippen LogP contribution in [0.3, 0.4) is 0 Å². The Bertz CT molecular complexity index is 516. The van der Waals surface area contributed by atoms with Gasteiger partial charge in [0.1, 0.15) is 6.61 Å². The largest absolute Gasteiger partial charge is 0.499 e. The van der Waals surface area contributed by atoms with Crippen LogP contribution in [0.25, 0.3) is 0 Å². The van der Waals surface area contributed by atoms with Crippen molar-refractivity contribution < 1.29 is 33.0 Å². The molecule has 2 atom stereocenters. The van der Waals surface area contributed by atoms with Crippen LogP contribution < -0.4 is 10.4 Å². The van der Waals surface area contributed by atoms with Gasteiger partial charge >= 0.3 is 14.1 Å². The number of nitrogens with one attached hydrogen (secondary N) is 2. The molecule has 0 radical (unpaired) electrons. The maximum Gasteiger partial charge on any atom is 0.499 e. The van der Waals surface area contributed by atoms with Gasteiger partial charge in [0.25, 0.3) is 5.91 Å². The van der Waals surface area contributed by atoms with Crippen molar-refractivity contribution in [1.29, 1.82) is 0 Å². The van der Waals surface area contributed by atoms with Gasteiger partial charge in [-0.15, -0.1) is 9.61 Å². The summed E-state index contributed by atoms with van der Waals surface area (Å²) in [5, 5.41) is 5.59. The topological polar surface area (TPSA) is 119 Å². The first-order chi connectivity index (χ1) is 12.8. The summed E-state index contributed by atoms with van der Waals surface area (Å²) in [6.07, 6.45) is -0.818. The van der Waals surface area contributed by atoms with Crippen LogP contribution in [0.4, 0.5) is 0 Å². The lowest BCUT2D eigenvalue weighted by Gasteiger charge is -2.37. The predicted molar refractivity (Wildman–Crippen MR) is 98.6 cm³/mol. The standard InChI is InChI=1S/C16H30N3O7P/c1-16(2)12-25-27(22,18-6-7-19-8-10-24-11-9-19)26-14(16)15(21)17-5-4-13(20)23-3/h14,18,22H,4-12H2,1-3H3/p+1/t14-,27?/m0/s1. The molecule has 0 saturated carbocycles. The lowest BCUT2D eigenvalue weighted by atomic mass is 9.87. The smallest absolute Gasteiger partial charge is 0.469 e. The Morgan fingerprint density at radius 2 is 2.00 bits per heavy atom. The van der Waals surface area contributed by atoms with Crippen molar-refractivity contribution in [3.8, 4) is 0 Å². The average molecular weight is 408 g/mol. The average Bonchev–Trinajstić information content (AvgIpc) is 2.64. The van der Waals surface area contributed by atoms with Crippen molar-refractivity contribution in [2.24, 2.45) is 5.41 Å². The van der Waals surface area contributed by atoms with Crippen molar-refractivity contribution >= 4 is 20.0 Å². The minimum Gasteiger partial charge on any atom is -0.469 e. The quantitative estimate of drug-likeness (QED) is 0.367. The molecule has 2 saturated heterocycles. The highest BCUT2D eigenvalue weighted by molar-refractivity contribution is 7.58. The molecule has 3 N–H and O–H groups in total. The number of hydrogen-bond donors (Lipinski definition) is 3. The first kappa shape index (κ1) is 22.4. The third kappa shape index (κ3) is 6.90. The highest BCUT2D eigenvalue weighted by atomic mass is 31.2. The number of carbonyl (C=O) groups is 2. The van der Waals surface area contributed by atoms with Gasteiger partial charge in [0.2, 0.25) is 0 Å². The fraction of sp³-hybridized carbons (Fsp3) is 0.875. The summed E-state index contributed by atoms with van der Waals surface area (Å²) in [5.74, 6) is -0.795. The molecule has 156 valence electrons. The fourth-order valence-electron chi connectivity index (χ4n) is 2.79. The molecule has 1 amide bonds. The third-order valence-electron chi connectivity index (χ3n) is 4.51. The molecule has 0 aromatic heterocycles. The molecular formula is C16H31N3O7P+. The van der Waals surface area contributed by atoms with Crippen LogP contribution in [0, 0.1) is 5.41 Å². The van der Waals surface area contributed by atoms with Gasteiger partial charge in [0.15, 0.2) is 6.10 Å². The molecule has 0 aromatic rings. The van der Waals surface area contributed by atoms with Crippen LogP contribution in [0.1, 0.15) is 20.3 Å². The van der Waals surface area contributed by atoms with E-state index in [0.29, 0.717) is 19.8 Å². The van der Waals surface area contributed by atoms with Crippen LogP contribution in [0.5, 0.6) is 0 Å². The van der Waals surface area contributed by atoms with Gasteiger partial charge in [-0.1, -0.05) is 13.8 Å². The van der Waals surface area contributed by atoms with Crippen molar-refractivity contribution in [1.82, 2.24) is 15.3 Å². The minimum atomic E-state index is -3.34. The zero-order valence-electron chi connectivity index (χ0n) is 16.2. The van der Waals surface area contributed by atoms with Gasteiger partial charge in [0.05, 0.1) is 33.3 Å². The van der Waals surface area contributed by atoms with Gasteiger partial charge in [0, 0.05) is 31.6 Å². The predicted octanol–water partition coefficient (Wildman–Crippen LogP) is -0.301. The number of ether oxygens (including phenoxy) is 2. The summed E-state index contributed by atoms with van der Waals surface area (Å²) in [6.45, 7) is 8.27. The number of carbonyl (C=O) groups excluding carboxylic acids is 2. The SMILES string of the molecule is COC(=O)CCNC(=O)[C@@H]1O[P+](O)(NCCN2CCOCC2)OCC1(C)C. The van der Waals surface area contributed by atoms with Crippen LogP contribution in [0.2, 0.25) is 0 Å². The van der Waals surface area contributed by atoms with E-state index < -0.39 is 25.6 Å². The van der Waals surface area contributed by atoms with E-state index in [0.717, 1.165) is 19.6 Å². The van der Waals surface area contributed by atoms with Gasteiger partial charge in [-0.25, -0.2) is 0 Å². The third-order valence-corrected chi connectivity index (χ3v) is 6.11. The number of rotatable bonds is 8. The highest BCUT2D eigenvalue weighted by Crippen LogP contribution is 2.59. The van der Waals surface area contributed by atoms with Crippen molar-refractivity contribution in [3.05, 3.63) is 0 Å². The molecule has 1 unspecified atom stereocenters. The first-order valence-corrected chi connectivity index (χ1v) is 10.7. The van der Waals surface area contributed by atoms with Gasteiger partial charge in [-0.3, -0.25) is 14.5 Å². The molecule has 2 fully saturated rings. The Kier molecular flexibility index (Phi) is 8.36. The molecule has 11 heteroatoms. The van der Waals surface area contributed by atoms with E-state index >= 15 is 0 Å². The summed E-state index contributed by atoms with van der Waals surface area (Å²) < 4.78 is 21.1. The van der Waals surface area contributed by atoms with E-state index in [-0.39, 0.29) is 25.5 Å². The van der Waals surface area contributed by atoms with Crippen LogP contribution >= 0.6 is 8.09 Å². The number of hydrogen-bond acceptors (Lipinski definition) is 9. The molecular weight excluding hydrogens is 377 g/mol. The van der Waals surface area contributed by atoms with E-state index in [1.165, 1.54) is 7.11 Å². The number of esters is 1. The molecule has 2 aliphatic heterocycles. The molecule has 2 aliphatic rings. The molecule has 0 bridgehead atoms. The van der Waals surface area contributed by atoms with E-state index in [1.807, 2.05) is 13.8 Å². The van der Waals surface area contributed by atoms with Crippen LogP contribution in [-0.2, 0) is 28.1 Å². The monoisotopic (exact) mass is 408 g/mol. The van der Waals surface area contributed by atoms with Gasteiger partial charge in [-0.05, 0) is 0 Å². The van der Waals surface area contributed by atoms with Crippen LogP contribution in [-0.4, -0.2) is 87.4 Å². The molecule has 27 heavy (non-hydrogen) atoms. The Hall–Kier alpha value is -0.870. The molecule has 10 nitrogen and oxygen atoms in total. The van der Waals surface area contributed by atoms with E-state index in [1.54, 1.807) is 0 Å². The summed E-state index contributed by atoms with van der Waals surface area (Å²) >= 11 is 0. The minimum absolute atomic E-state index is 0.0725. The van der Waals surface area contributed by atoms with Crippen molar-refractivity contribution in [2.75, 3.05) is 59.7 Å². The second-order valence-corrected chi connectivity index (χ2v) is 9.07. The second kappa shape index (κ2) is 10.1. The second-order valence-electron chi connectivity index (χ2n) is 7.25. The summed E-state index contributed by atoms with van der Waals surface area (Å²) in [6, 6.07) is 0. The molecule has 0 aromatic carbocycles. The molecule has 2 rings (SSSR count). The lowest BCUT2D eigenvalue weighted by molar-refractivity contribution is -0.142. The zero-order valence-corrected chi connectivity index (χ0v) is 17.1. The lowest BCUT2D eigenvalue weighted by Crippen LogP contribution is -2.52. The number of morpholine rings is 1. The summed E-state index contributed by atoms with van der Waals surface area (Å²) in [5.41, 5.74) is -0.618. The molecule has 0 aliphatic carbocycles. The Labute approximate surface area is 160 Å². The Morgan fingerprint density at radius 1 is 1.30 bits per heavy atom. The Morgan fingerprint density at radius 3 is 2.67 bits per heavy atom.